The Morgan fingerprint density at radius 3 is 2.89 bits per heavy atom. The van der Waals surface area contributed by atoms with E-state index in [0.29, 0.717) is 11.6 Å². The summed E-state index contributed by atoms with van der Waals surface area (Å²) in [5, 5.41) is 8.60. The summed E-state index contributed by atoms with van der Waals surface area (Å²) in [6.07, 6.45) is 0. The van der Waals surface area contributed by atoms with Crippen LogP contribution in [0.25, 0.3) is 0 Å². The van der Waals surface area contributed by atoms with E-state index in [0.717, 1.165) is 16.1 Å². The Morgan fingerprint density at radius 1 is 1.37 bits per heavy atom. The number of halogens is 1. The summed E-state index contributed by atoms with van der Waals surface area (Å²) in [6.45, 7) is 2.76. The van der Waals surface area contributed by atoms with Crippen LogP contribution < -0.4 is 10.6 Å². The van der Waals surface area contributed by atoms with Gasteiger partial charge in [0.05, 0.1) is 13.1 Å². The molecular formula is C14H15ClN2OS. The lowest BCUT2D eigenvalue weighted by Crippen LogP contribution is -2.29. The molecule has 0 saturated carbocycles. The van der Waals surface area contributed by atoms with Crippen LogP contribution in [-0.2, 0) is 11.3 Å². The third kappa shape index (κ3) is 4.26. The van der Waals surface area contributed by atoms with Crippen LogP contribution >= 0.6 is 22.9 Å². The molecule has 0 spiro atoms. The number of benzene rings is 1. The summed E-state index contributed by atoms with van der Waals surface area (Å²) in [6, 6.07) is 9.63. The third-order valence-electron chi connectivity index (χ3n) is 2.66. The Balaban J connectivity index is 1.78. The van der Waals surface area contributed by atoms with Gasteiger partial charge in [0.15, 0.2) is 0 Å². The van der Waals surface area contributed by atoms with E-state index in [1.807, 2.05) is 42.6 Å². The Labute approximate surface area is 121 Å². The lowest BCUT2D eigenvalue weighted by molar-refractivity contribution is -0.119. The normalized spacial score (nSPS) is 10.2. The van der Waals surface area contributed by atoms with Crippen molar-refractivity contribution in [3.63, 3.8) is 0 Å². The molecule has 2 rings (SSSR count). The zero-order chi connectivity index (χ0) is 13.7. The molecule has 1 aromatic heterocycles. The topological polar surface area (TPSA) is 41.1 Å². The van der Waals surface area contributed by atoms with Crippen LogP contribution in [0.2, 0.25) is 5.02 Å². The van der Waals surface area contributed by atoms with E-state index in [4.69, 9.17) is 11.6 Å². The fourth-order valence-corrected chi connectivity index (χ4v) is 2.37. The van der Waals surface area contributed by atoms with Crippen molar-refractivity contribution in [3.05, 3.63) is 51.2 Å². The number of carbonyl (C=O) groups is 1. The van der Waals surface area contributed by atoms with Crippen molar-refractivity contribution in [3.8, 4) is 0 Å². The van der Waals surface area contributed by atoms with Crippen LogP contribution in [0.4, 0.5) is 5.69 Å². The second-order valence-corrected chi connectivity index (χ2v) is 5.61. The zero-order valence-electron chi connectivity index (χ0n) is 10.6. The maximum absolute atomic E-state index is 11.7. The van der Waals surface area contributed by atoms with Crippen molar-refractivity contribution in [2.24, 2.45) is 0 Å². The number of rotatable bonds is 5. The highest BCUT2D eigenvalue weighted by atomic mass is 35.5. The van der Waals surface area contributed by atoms with Crippen molar-refractivity contribution in [1.29, 1.82) is 0 Å². The van der Waals surface area contributed by atoms with Gasteiger partial charge in [-0.3, -0.25) is 4.79 Å². The van der Waals surface area contributed by atoms with Gasteiger partial charge in [0.1, 0.15) is 0 Å². The minimum absolute atomic E-state index is 0.0369. The van der Waals surface area contributed by atoms with Gasteiger partial charge in [-0.05, 0) is 36.1 Å². The van der Waals surface area contributed by atoms with Gasteiger partial charge in [0, 0.05) is 15.6 Å². The average molecular weight is 295 g/mol. The molecule has 0 aliphatic carbocycles. The van der Waals surface area contributed by atoms with E-state index in [1.54, 1.807) is 11.3 Å². The van der Waals surface area contributed by atoms with Gasteiger partial charge < -0.3 is 10.6 Å². The van der Waals surface area contributed by atoms with E-state index in [-0.39, 0.29) is 12.5 Å². The molecule has 0 fully saturated rings. The maximum Gasteiger partial charge on any atom is 0.239 e. The molecule has 19 heavy (non-hydrogen) atoms. The predicted molar refractivity (Wildman–Crippen MR) is 80.8 cm³/mol. The molecule has 0 unspecified atom stereocenters. The van der Waals surface area contributed by atoms with E-state index >= 15 is 0 Å². The smallest absolute Gasteiger partial charge is 0.239 e. The molecule has 0 radical (unpaired) electrons. The molecule has 0 aliphatic heterocycles. The molecule has 1 amide bonds. The largest absolute Gasteiger partial charge is 0.376 e. The molecule has 0 aliphatic rings. The molecule has 3 nitrogen and oxygen atoms in total. The van der Waals surface area contributed by atoms with Crippen LogP contribution in [0, 0.1) is 6.92 Å². The highest BCUT2D eigenvalue weighted by molar-refractivity contribution is 7.09. The van der Waals surface area contributed by atoms with Crippen molar-refractivity contribution >= 4 is 34.5 Å². The first-order valence-electron chi connectivity index (χ1n) is 5.94. The molecule has 5 heteroatoms. The fourth-order valence-electron chi connectivity index (χ4n) is 1.55. The number of thiophene rings is 1. The minimum Gasteiger partial charge on any atom is -0.376 e. The quantitative estimate of drug-likeness (QED) is 0.887. The predicted octanol–water partition coefficient (Wildman–Crippen LogP) is 3.44. The summed E-state index contributed by atoms with van der Waals surface area (Å²) in [7, 11) is 0. The molecule has 0 saturated heterocycles. The highest BCUT2D eigenvalue weighted by Gasteiger charge is 2.03. The molecule has 0 atom stereocenters. The van der Waals surface area contributed by atoms with Crippen molar-refractivity contribution in [1.82, 2.24) is 5.32 Å². The van der Waals surface area contributed by atoms with E-state index in [9.17, 15) is 4.79 Å². The van der Waals surface area contributed by atoms with Crippen LogP contribution in [-0.4, -0.2) is 12.5 Å². The number of carbonyl (C=O) groups excluding carboxylic acids is 1. The van der Waals surface area contributed by atoms with Crippen molar-refractivity contribution in [2.75, 3.05) is 11.9 Å². The first kappa shape index (κ1) is 13.9. The molecule has 1 heterocycles. The van der Waals surface area contributed by atoms with E-state index < -0.39 is 0 Å². The van der Waals surface area contributed by atoms with Crippen LogP contribution in [0.3, 0.4) is 0 Å². The van der Waals surface area contributed by atoms with Crippen molar-refractivity contribution < 1.29 is 4.79 Å². The van der Waals surface area contributed by atoms with Gasteiger partial charge in [-0.2, -0.15) is 0 Å². The van der Waals surface area contributed by atoms with Crippen LogP contribution in [0.5, 0.6) is 0 Å². The highest BCUT2D eigenvalue weighted by Crippen LogP contribution is 2.19. The SMILES string of the molecule is Cc1ccc(NCC(=O)NCc2cccs2)cc1Cl. The third-order valence-corrected chi connectivity index (χ3v) is 3.95. The summed E-state index contributed by atoms with van der Waals surface area (Å²) >= 11 is 7.65. The van der Waals surface area contributed by atoms with Gasteiger partial charge in [0.25, 0.3) is 0 Å². The number of nitrogens with one attached hydrogen (secondary N) is 2. The maximum atomic E-state index is 11.7. The summed E-state index contributed by atoms with van der Waals surface area (Å²) < 4.78 is 0. The number of aryl methyl sites for hydroxylation is 1. The lowest BCUT2D eigenvalue weighted by atomic mass is 10.2. The second kappa shape index (κ2) is 6.59. The lowest BCUT2D eigenvalue weighted by Gasteiger charge is -2.08. The van der Waals surface area contributed by atoms with Gasteiger partial charge in [-0.15, -0.1) is 11.3 Å². The summed E-state index contributed by atoms with van der Waals surface area (Å²) in [4.78, 5) is 12.8. The fraction of sp³-hybridized carbons (Fsp3) is 0.214. The molecule has 0 bridgehead atoms. The monoisotopic (exact) mass is 294 g/mol. The van der Waals surface area contributed by atoms with Gasteiger partial charge in [-0.1, -0.05) is 23.7 Å². The molecule has 2 aromatic rings. The van der Waals surface area contributed by atoms with Crippen LogP contribution in [0.15, 0.2) is 35.7 Å². The van der Waals surface area contributed by atoms with Gasteiger partial charge in [-0.25, -0.2) is 0 Å². The molecule has 1 aromatic carbocycles. The minimum atomic E-state index is -0.0369. The Bertz CT molecular complexity index is 555. The second-order valence-electron chi connectivity index (χ2n) is 4.17. The molecule has 2 N–H and O–H groups in total. The van der Waals surface area contributed by atoms with Crippen LogP contribution in [0.1, 0.15) is 10.4 Å². The number of hydrogen-bond acceptors (Lipinski definition) is 3. The molecular weight excluding hydrogens is 280 g/mol. The number of hydrogen-bond donors (Lipinski definition) is 2. The van der Waals surface area contributed by atoms with Gasteiger partial charge in [0.2, 0.25) is 5.91 Å². The number of anilines is 1. The first-order valence-corrected chi connectivity index (χ1v) is 7.20. The summed E-state index contributed by atoms with van der Waals surface area (Å²) in [5.74, 6) is -0.0369. The van der Waals surface area contributed by atoms with E-state index in [2.05, 4.69) is 10.6 Å². The Hall–Kier alpha value is -1.52. The standard InChI is InChI=1S/C14H15ClN2OS/c1-10-4-5-11(7-13(10)15)16-9-14(18)17-8-12-3-2-6-19-12/h2-7,16H,8-9H2,1H3,(H,17,18). The molecule has 100 valence electrons. The van der Waals surface area contributed by atoms with Gasteiger partial charge >= 0.3 is 0 Å². The Kier molecular flexibility index (Phi) is 4.82. The zero-order valence-corrected chi connectivity index (χ0v) is 12.1. The summed E-state index contributed by atoms with van der Waals surface area (Å²) in [5.41, 5.74) is 1.87. The first-order chi connectivity index (χ1) is 9.15. The van der Waals surface area contributed by atoms with Crippen molar-refractivity contribution in [2.45, 2.75) is 13.5 Å². The number of amides is 1. The Morgan fingerprint density at radius 2 is 2.21 bits per heavy atom. The van der Waals surface area contributed by atoms with E-state index in [1.165, 1.54) is 0 Å². The average Bonchev–Trinajstić information content (AvgIpc) is 2.91.